The van der Waals surface area contributed by atoms with Gasteiger partial charge in [-0.25, -0.2) is 0 Å². The standard InChI is InChI=1S/C20H22ClNO.ClH/c21-18-8-6-17(7-9-18)20(23,16-4-2-1-3-5-16)19-14-22-12-10-15(19)11-13-22;/h1-9,15,19,23H,10-14H2;1H. The molecule has 3 saturated heterocycles. The molecule has 0 radical (unpaired) electrons. The predicted octanol–water partition coefficient (Wildman–Crippen LogP) is -0.495. The Morgan fingerprint density at radius 3 is 2.04 bits per heavy atom. The zero-order chi connectivity index (χ0) is 15.9. The van der Waals surface area contributed by atoms with Crippen molar-refractivity contribution in [3.05, 3.63) is 70.7 Å². The fraction of sp³-hybridized carbons (Fsp3) is 0.400. The van der Waals surface area contributed by atoms with Crippen LogP contribution in [0, 0.1) is 11.8 Å². The van der Waals surface area contributed by atoms with Crippen molar-refractivity contribution in [2.75, 3.05) is 19.6 Å². The highest BCUT2D eigenvalue weighted by Gasteiger charge is 2.50. The molecule has 2 aromatic rings. The summed E-state index contributed by atoms with van der Waals surface area (Å²) in [4.78, 5) is 1.64. The molecule has 0 aromatic heterocycles. The first-order valence-electron chi connectivity index (χ1n) is 8.55. The highest BCUT2D eigenvalue weighted by Crippen LogP contribution is 2.43. The Balaban J connectivity index is 0.00000169. The third-order valence-electron chi connectivity index (χ3n) is 5.85. The summed E-state index contributed by atoms with van der Waals surface area (Å²) in [6, 6.07) is 17.9. The van der Waals surface area contributed by atoms with Crippen molar-refractivity contribution in [2.45, 2.75) is 18.4 Å². The number of nitrogens with one attached hydrogen (secondary N) is 1. The summed E-state index contributed by atoms with van der Waals surface area (Å²) in [5, 5.41) is 12.6. The minimum Gasteiger partial charge on any atom is -1.00 e. The molecule has 3 aliphatic rings. The maximum absolute atomic E-state index is 11.9. The van der Waals surface area contributed by atoms with Crippen LogP contribution in [0.3, 0.4) is 0 Å². The van der Waals surface area contributed by atoms with E-state index >= 15 is 0 Å². The van der Waals surface area contributed by atoms with E-state index in [2.05, 4.69) is 12.1 Å². The molecule has 5 rings (SSSR count). The number of hydrogen-bond acceptors (Lipinski definition) is 1. The second kappa shape index (κ2) is 7.05. The van der Waals surface area contributed by atoms with Gasteiger partial charge in [0.25, 0.3) is 0 Å². The molecule has 128 valence electrons. The average molecular weight is 364 g/mol. The van der Waals surface area contributed by atoms with Crippen molar-refractivity contribution < 1.29 is 22.4 Å². The molecular formula is C20H23Cl2NO. The van der Waals surface area contributed by atoms with Crippen molar-refractivity contribution in [1.29, 1.82) is 0 Å². The van der Waals surface area contributed by atoms with Crippen LogP contribution >= 0.6 is 11.6 Å². The van der Waals surface area contributed by atoms with Gasteiger partial charge in [0.05, 0.1) is 19.6 Å². The van der Waals surface area contributed by atoms with Crippen LogP contribution in [-0.2, 0) is 5.60 Å². The lowest BCUT2D eigenvalue weighted by molar-refractivity contribution is -0.922. The Kier molecular flexibility index (Phi) is 5.22. The molecule has 2 unspecified atom stereocenters. The second-order valence-electron chi connectivity index (χ2n) is 7.04. The third-order valence-corrected chi connectivity index (χ3v) is 6.10. The van der Waals surface area contributed by atoms with Gasteiger partial charge in [0.1, 0.15) is 5.60 Å². The van der Waals surface area contributed by atoms with Crippen LogP contribution in [0.25, 0.3) is 0 Å². The highest BCUT2D eigenvalue weighted by atomic mass is 35.5. The van der Waals surface area contributed by atoms with Gasteiger partial charge in [-0.15, -0.1) is 0 Å². The number of piperidine rings is 3. The molecule has 3 aliphatic heterocycles. The van der Waals surface area contributed by atoms with Crippen molar-refractivity contribution in [3.63, 3.8) is 0 Å². The molecule has 0 saturated carbocycles. The Morgan fingerprint density at radius 1 is 0.917 bits per heavy atom. The summed E-state index contributed by atoms with van der Waals surface area (Å²) in [5.74, 6) is 0.872. The van der Waals surface area contributed by atoms with Crippen LogP contribution in [0.15, 0.2) is 54.6 Å². The number of quaternary nitrogens is 1. The monoisotopic (exact) mass is 363 g/mol. The van der Waals surface area contributed by atoms with Crippen molar-refractivity contribution in [3.8, 4) is 0 Å². The van der Waals surface area contributed by atoms with Crippen LogP contribution in [0.5, 0.6) is 0 Å². The van der Waals surface area contributed by atoms with E-state index in [1.807, 2.05) is 42.5 Å². The first-order valence-corrected chi connectivity index (χ1v) is 8.93. The molecule has 4 heteroatoms. The molecule has 0 amide bonds. The minimum atomic E-state index is -0.928. The van der Waals surface area contributed by atoms with Gasteiger partial charge in [-0.3, -0.25) is 0 Å². The predicted molar refractivity (Wildman–Crippen MR) is 92.7 cm³/mol. The van der Waals surface area contributed by atoms with E-state index in [1.165, 1.54) is 25.9 Å². The zero-order valence-electron chi connectivity index (χ0n) is 13.6. The van der Waals surface area contributed by atoms with Crippen LogP contribution in [-0.4, -0.2) is 24.7 Å². The molecule has 2 aromatic carbocycles. The van der Waals surface area contributed by atoms with E-state index in [-0.39, 0.29) is 18.3 Å². The van der Waals surface area contributed by atoms with Crippen LogP contribution in [0.1, 0.15) is 24.0 Å². The largest absolute Gasteiger partial charge is 1.00 e. The molecule has 2 atom stereocenters. The number of fused-ring (bicyclic) bond motifs is 3. The van der Waals surface area contributed by atoms with Crippen LogP contribution < -0.4 is 17.3 Å². The first-order chi connectivity index (χ1) is 11.2. The quantitative estimate of drug-likeness (QED) is 0.755. The van der Waals surface area contributed by atoms with Crippen LogP contribution in [0.4, 0.5) is 0 Å². The minimum absolute atomic E-state index is 0. The lowest BCUT2D eigenvalue weighted by atomic mass is 9.65. The molecule has 0 aliphatic carbocycles. The van der Waals surface area contributed by atoms with Gasteiger partial charge in [0.2, 0.25) is 0 Å². The van der Waals surface area contributed by atoms with Gasteiger partial charge in [0.15, 0.2) is 0 Å². The third kappa shape index (κ3) is 2.97. The molecule has 0 spiro atoms. The van der Waals surface area contributed by atoms with Gasteiger partial charge in [-0.05, 0) is 29.2 Å². The summed E-state index contributed by atoms with van der Waals surface area (Å²) >= 11 is 6.07. The number of benzene rings is 2. The Hall–Kier alpha value is -1.06. The number of aliphatic hydroxyl groups is 1. The number of halogens is 2. The van der Waals surface area contributed by atoms with Crippen molar-refractivity contribution in [2.24, 2.45) is 11.8 Å². The summed E-state index contributed by atoms with van der Waals surface area (Å²) < 4.78 is 0. The van der Waals surface area contributed by atoms with E-state index < -0.39 is 5.60 Å². The summed E-state index contributed by atoms with van der Waals surface area (Å²) in [6.45, 7) is 3.57. The molecule has 3 fully saturated rings. The lowest BCUT2D eigenvalue weighted by Gasteiger charge is -2.49. The Morgan fingerprint density at radius 2 is 1.50 bits per heavy atom. The maximum Gasteiger partial charge on any atom is 0.123 e. The Bertz CT molecular complexity index is 668. The second-order valence-corrected chi connectivity index (χ2v) is 7.47. The van der Waals surface area contributed by atoms with Gasteiger partial charge in [-0.2, -0.15) is 0 Å². The van der Waals surface area contributed by atoms with Gasteiger partial charge < -0.3 is 22.4 Å². The first kappa shape index (κ1) is 17.8. The van der Waals surface area contributed by atoms with E-state index in [1.54, 1.807) is 4.90 Å². The van der Waals surface area contributed by atoms with E-state index in [4.69, 9.17) is 11.6 Å². The van der Waals surface area contributed by atoms with Gasteiger partial charge >= 0.3 is 0 Å². The molecule has 2 nitrogen and oxygen atoms in total. The highest BCUT2D eigenvalue weighted by molar-refractivity contribution is 6.30. The number of hydrogen-bond donors (Lipinski definition) is 2. The fourth-order valence-electron chi connectivity index (χ4n) is 4.61. The molecule has 2 bridgehead atoms. The topological polar surface area (TPSA) is 24.7 Å². The van der Waals surface area contributed by atoms with Crippen molar-refractivity contribution >= 4 is 11.6 Å². The van der Waals surface area contributed by atoms with Crippen LogP contribution in [0.2, 0.25) is 5.02 Å². The molecule has 24 heavy (non-hydrogen) atoms. The lowest BCUT2D eigenvalue weighted by Crippen LogP contribution is -3.16. The number of rotatable bonds is 3. The summed E-state index contributed by atoms with van der Waals surface area (Å²) in [5.41, 5.74) is 1.04. The zero-order valence-corrected chi connectivity index (χ0v) is 15.1. The summed E-state index contributed by atoms with van der Waals surface area (Å²) in [6.07, 6.45) is 2.45. The van der Waals surface area contributed by atoms with E-state index in [0.717, 1.165) is 17.7 Å². The Labute approximate surface area is 154 Å². The SMILES string of the molecule is OC(c1ccccc1)(c1ccc(Cl)cc1)C1C[NH+]2CCC1CC2.[Cl-]. The van der Waals surface area contributed by atoms with Gasteiger partial charge in [-0.1, -0.05) is 54.1 Å². The average Bonchev–Trinajstić information content (AvgIpc) is 2.63. The smallest absolute Gasteiger partial charge is 0.123 e. The van der Waals surface area contributed by atoms with E-state index in [9.17, 15) is 5.11 Å². The maximum atomic E-state index is 11.9. The van der Waals surface area contributed by atoms with E-state index in [0.29, 0.717) is 10.9 Å². The van der Waals surface area contributed by atoms with Crippen molar-refractivity contribution in [1.82, 2.24) is 0 Å². The molecule has 3 heterocycles. The normalized spacial score (nSPS) is 28.0. The fourth-order valence-corrected chi connectivity index (χ4v) is 4.74. The molecular weight excluding hydrogens is 341 g/mol. The summed E-state index contributed by atoms with van der Waals surface area (Å²) in [7, 11) is 0. The van der Waals surface area contributed by atoms with Gasteiger partial charge in [0, 0.05) is 23.8 Å². The molecule has 2 N–H and O–H groups in total.